The fourth-order valence-corrected chi connectivity index (χ4v) is 2.34. The lowest BCUT2D eigenvalue weighted by Crippen LogP contribution is -2.09. The van der Waals surface area contributed by atoms with Crippen LogP contribution in [0.4, 0.5) is 10.8 Å². The number of nitrogens with zero attached hydrogens (tertiary/aromatic N) is 3. The maximum absolute atomic E-state index is 10.8. The molecule has 0 atom stereocenters. The summed E-state index contributed by atoms with van der Waals surface area (Å²) >= 11 is 1.35. The van der Waals surface area contributed by atoms with E-state index in [1.54, 1.807) is 24.3 Å². The average molecular weight is 277 g/mol. The van der Waals surface area contributed by atoms with Crippen molar-refractivity contribution in [1.82, 2.24) is 9.36 Å². The highest BCUT2D eigenvalue weighted by molar-refractivity contribution is 7.09. The van der Waals surface area contributed by atoms with Crippen LogP contribution in [0.2, 0.25) is 0 Å². The molecule has 0 saturated heterocycles. The molecule has 1 N–H and O–H groups in total. The zero-order valence-corrected chi connectivity index (χ0v) is 11.6. The Balaban J connectivity index is 2.17. The van der Waals surface area contributed by atoms with Gasteiger partial charge in [0.1, 0.15) is 5.82 Å². The molecule has 2 rings (SSSR count). The summed E-state index contributed by atoms with van der Waals surface area (Å²) in [7, 11) is 1.89. The Kier molecular flexibility index (Phi) is 4.11. The summed E-state index contributed by atoms with van der Waals surface area (Å²) in [4.78, 5) is 17.1. The van der Waals surface area contributed by atoms with Crippen LogP contribution in [0.1, 0.15) is 29.5 Å². The van der Waals surface area contributed by atoms with E-state index >= 15 is 0 Å². The second-order valence-corrected chi connectivity index (χ2v) is 4.88. The second kappa shape index (κ2) is 5.79. The van der Waals surface area contributed by atoms with Crippen LogP contribution in [0, 0.1) is 0 Å². The van der Waals surface area contributed by atoms with E-state index in [0.717, 1.165) is 29.5 Å². The van der Waals surface area contributed by atoms with Crippen molar-refractivity contribution in [3.05, 3.63) is 35.7 Å². The molecule has 1 aromatic carbocycles. The number of anilines is 2. The van der Waals surface area contributed by atoms with Gasteiger partial charge in [0.25, 0.3) is 0 Å². The van der Waals surface area contributed by atoms with Crippen LogP contribution >= 0.6 is 11.5 Å². The zero-order chi connectivity index (χ0) is 13.8. The van der Waals surface area contributed by atoms with E-state index < -0.39 is 5.97 Å². The molecule has 6 heteroatoms. The van der Waals surface area contributed by atoms with E-state index in [0.29, 0.717) is 0 Å². The molecule has 0 amide bonds. The smallest absolute Gasteiger partial charge is 0.335 e. The van der Waals surface area contributed by atoms with Crippen molar-refractivity contribution >= 4 is 28.3 Å². The molecule has 0 aliphatic heterocycles. The van der Waals surface area contributed by atoms with Crippen LogP contribution in [0.15, 0.2) is 24.3 Å². The van der Waals surface area contributed by atoms with E-state index in [1.165, 1.54) is 11.5 Å². The first kappa shape index (κ1) is 13.5. The largest absolute Gasteiger partial charge is 0.478 e. The quantitative estimate of drug-likeness (QED) is 0.910. The molecule has 0 saturated carbocycles. The Bertz CT molecular complexity index is 566. The summed E-state index contributed by atoms with van der Waals surface area (Å²) in [6.45, 7) is 2.09. The molecule has 2 aromatic rings. The Morgan fingerprint density at radius 1 is 1.37 bits per heavy atom. The number of aromatic nitrogens is 2. The number of aryl methyl sites for hydroxylation is 1. The predicted molar refractivity (Wildman–Crippen MR) is 75.4 cm³/mol. The molecule has 0 fully saturated rings. The number of aromatic carboxylic acids is 1. The van der Waals surface area contributed by atoms with Crippen LogP contribution in [0.5, 0.6) is 0 Å². The van der Waals surface area contributed by atoms with E-state index in [2.05, 4.69) is 16.3 Å². The summed E-state index contributed by atoms with van der Waals surface area (Å²) in [5.41, 5.74) is 1.17. The van der Waals surface area contributed by atoms with E-state index in [-0.39, 0.29) is 5.56 Å². The Morgan fingerprint density at radius 2 is 2.05 bits per heavy atom. The highest BCUT2D eigenvalue weighted by atomic mass is 32.1. The third kappa shape index (κ3) is 3.08. The minimum atomic E-state index is -0.921. The summed E-state index contributed by atoms with van der Waals surface area (Å²) in [5.74, 6) is -0.0631. The van der Waals surface area contributed by atoms with Gasteiger partial charge in [0, 0.05) is 30.7 Å². The SMILES string of the molecule is CCCc1nsc(N(C)c2ccc(C(=O)O)cc2)n1. The molecule has 1 heterocycles. The molecule has 0 radical (unpaired) electrons. The summed E-state index contributed by atoms with van der Waals surface area (Å²) in [6, 6.07) is 6.71. The third-order valence-corrected chi connectivity index (χ3v) is 3.55. The first-order valence-electron chi connectivity index (χ1n) is 6.01. The van der Waals surface area contributed by atoms with Crippen molar-refractivity contribution in [2.24, 2.45) is 0 Å². The fraction of sp³-hybridized carbons (Fsp3) is 0.308. The van der Waals surface area contributed by atoms with Crippen molar-refractivity contribution < 1.29 is 9.90 Å². The number of rotatable bonds is 5. The van der Waals surface area contributed by atoms with Gasteiger partial charge in [-0.25, -0.2) is 9.78 Å². The number of carboxylic acids is 1. The number of benzene rings is 1. The van der Waals surface area contributed by atoms with Gasteiger partial charge in [-0.1, -0.05) is 6.92 Å². The molecule has 0 unspecified atom stereocenters. The van der Waals surface area contributed by atoms with Gasteiger partial charge in [-0.15, -0.1) is 0 Å². The highest BCUT2D eigenvalue weighted by Crippen LogP contribution is 2.25. The average Bonchev–Trinajstić information content (AvgIpc) is 2.87. The van der Waals surface area contributed by atoms with Gasteiger partial charge in [0.15, 0.2) is 0 Å². The molecular formula is C13H15N3O2S. The first-order chi connectivity index (χ1) is 9.11. The Morgan fingerprint density at radius 3 is 2.63 bits per heavy atom. The monoisotopic (exact) mass is 277 g/mol. The standard InChI is InChI=1S/C13H15N3O2S/c1-3-4-11-14-13(19-15-11)16(2)10-7-5-9(6-8-10)12(17)18/h5-8H,3-4H2,1-2H3,(H,17,18). The Hall–Kier alpha value is -1.95. The lowest BCUT2D eigenvalue weighted by molar-refractivity contribution is 0.0697. The van der Waals surface area contributed by atoms with Crippen molar-refractivity contribution in [1.29, 1.82) is 0 Å². The van der Waals surface area contributed by atoms with Crippen LogP contribution in [0.3, 0.4) is 0 Å². The molecule has 0 spiro atoms. The van der Waals surface area contributed by atoms with Crippen molar-refractivity contribution in [3.63, 3.8) is 0 Å². The summed E-state index contributed by atoms with van der Waals surface area (Å²) in [6.07, 6.45) is 1.90. The topological polar surface area (TPSA) is 66.3 Å². The molecule has 0 aliphatic carbocycles. The number of carbonyl (C=O) groups is 1. The van der Waals surface area contributed by atoms with Crippen LogP contribution in [-0.4, -0.2) is 27.5 Å². The zero-order valence-electron chi connectivity index (χ0n) is 10.8. The first-order valence-corrected chi connectivity index (χ1v) is 6.79. The lowest BCUT2D eigenvalue weighted by atomic mass is 10.2. The van der Waals surface area contributed by atoms with Crippen molar-refractivity contribution in [2.45, 2.75) is 19.8 Å². The normalized spacial score (nSPS) is 10.4. The van der Waals surface area contributed by atoms with Gasteiger partial charge in [-0.2, -0.15) is 4.37 Å². The van der Waals surface area contributed by atoms with Gasteiger partial charge < -0.3 is 10.0 Å². The maximum Gasteiger partial charge on any atom is 0.335 e. The van der Waals surface area contributed by atoms with Crippen LogP contribution < -0.4 is 4.90 Å². The van der Waals surface area contributed by atoms with E-state index in [1.807, 2.05) is 11.9 Å². The van der Waals surface area contributed by atoms with Gasteiger partial charge >= 0.3 is 5.97 Å². The van der Waals surface area contributed by atoms with Crippen LogP contribution in [-0.2, 0) is 6.42 Å². The molecule has 1 aromatic heterocycles. The third-order valence-electron chi connectivity index (χ3n) is 2.72. The van der Waals surface area contributed by atoms with Crippen molar-refractivity contribution in [2.75, 3.05) is 11.9 Å². The fourth-order valence-electron chi connectivity index (χ4n) is 1.64. The minimum absolute atomic E-state index is 0.279. The van der Waals surface area contributed by atoms with E-state index in [4.69, 9.17) is 5.11 Å². The molecule has 0 bridgehead atoms. The Labute approximate surface area is 115 Å². The molecule has 0 aliphatic rings. The predicted octanol–water partition coefficient (Wildman–Crippen LogP) is 2.96. The molecule has 100 valence electrons. The lowest BCUT2D eigenvalue weighted by Gasteiger charge is -2.15. The summed E-state index contributed by atoms with van der Waals surface area (Å²) in [5, 5.41) is 9.67. The number of carboxylic acid groups (broad SMARTS) is 1. The van der Waals surface area contributed by atoms with Gasteiger partial charge in [-0.05, 0) is 30.7 Å². The maximum atomic E-state index is 10.8. The number of hydrogen-bond acceptors (Lipinski definition) is 5. The van der Waals surface area contributed by atoms with Crippen molar-refractivity contribution in [3.8, 4) is 0 Å². The minimum Gasteiger partial charge on any atom is -0.478 e. The van der Waals surface area contributed by atoms with E-state index in [9.17, 15) is 4.79 Å². The second-order valence-electron chi connectivity index (χ2n) is 4.15. The highest BCUT2D eigenvalue weighted by Gasteiger charge is 2.11. The van der Waals surface area contributed by atoms with Gasteiger partial charge in [0.2, 0.25) is 5.13 Å². The van der Waals surface area contributed by atoms with Gasteiger partial charge in [-0.3, -0.25) is 0 Å². The molecule has 19 heavy (non-hydrogen) atoms. The molecule has 5 nitrogen and oxygen atoms in total. The van der Waals surface area contributed by atoms with Crippen LogP contribution in [0.25, 0.3) is 0 Å². The van der Waals surface area contributed by atoms with Gasteiger partial charge in [0.05, 0.1) is 5.56 Å². The molecular weight excluding hydrogens is 262 g/mol. The summed E-state index contributed by atoms with van der Waals surface area (Å²) < 4.78 is 4.29. The number of hydrogen-bond donors (Lipinski definition) is 1.